The summed E-state index contributed by atoms with van der Waals surface area (Å²) in [5.74, 6) is 4.19. The first kappa shape index (κ1) is 19.2. The third kappa shape index (κ3) is 2.98. The Morgan fingerprint density at radius 2 is 1.96 bits per heavy atom. The van der Waals surface area contributed by atoms with Crippen molar-refractivity contribution in [3.63, 3.8) is 0 Å². The summed E-state index contributed by atoms with van der Waals surface area (Å²) in [6.45, 7) is 9.10. The molecule has 148 valence electrons. The van der Waals surface area contributed by atoms with E-state index in [1.54, 1.807) is 6.92 Å². The van der Waals surface area contributed by atoms with E-state index in [1.165, 1.54) is 31.3 Å². The number of fused-ring (bicyclic) bond motifs is 5. The Bertz CT molecular complexity index is 701. The van der Waals surface area contributed by atoms with Crippen molar-refractivity contribution < 1.29 is 9.59 Å². The van der Waals surface area contributed by atoms with Crippen molar-refractivity contribution >= 4 is 11.6 Å². The lowest BCUT2D eigenvalue weighted by Crippen LogP contribution is -2.49. The van der Waals surface area contributed by atoms with Gasteiger partial charge in [0.05, 0.1) is 0 Å². The normalized spacial score (nSPS) is 44.1. The molecule has 0 N–H and O–H groups in total. The average Bonchev–Trinajstić information content (AvgIpc) is 2.97. The number of hydrogen-bond donors (Lipinski definition) is 0. The molecule has 0 radical (unpaired) electrons. The van der Waals surface area contributed by atoms with Crippen LogP contribution in [-0.2, 0) is 9.59 Å². The van der Waals surface area contributed by atoms with Gasteiger partial charge in [-0.3, -0.25) is 4.79 Å². The molecule has 0 amide bonds. The number of carbonyl (C=O) groups is 2. The Labute approximate surface area is 164 Å². The van der Waals surface area contributed by atoms with Crippen molar-refractivity contribution in [3.8, 4) is 0 Å². The molecule has 0 spiro atoms. The lowest BCUT2D eigenvalue weighted by atomic mass is 9.48. The third-order valence-electron chi connectivity index (χ3n) is 9.23. The number of ketones is 2. The van der Waals surface area contributed by atoms with Crippen molar-refractivity contribution in [1.82, 2.24) is 0 Å². The summed E-state index contributed by atoms with van der Waals surface area (Å²) >= 11 is 0. The second-order valence-electron chi connectivity index (χ2n) is 10.6. The van der Waals surface area contributed by atoms with Crippen LogP contribution in [0.15, 0.2) is 23.8 Å². The van der Waals surface area contributed by atoms with Crippen LogP contribution in [0.4, 0.5) is 0 Å². The standard InChI is InChI=1S/C25H36O2/c1-16(5-6-17(2)26)21-9-10-22-20-8-7-18-15-19(27)11-13-24(18,3)23(20)12-14-25(21,22)4/h7-8,15-16,20-23H,5-6,9-14H2,1-4H3. The third-order valence-corrected chi connectivity index (χ3v) is 9.23. The molecule has 4 aliphatic rings. The topological polar surface area (TPSA) is 34.1 Å². The maximum Gasteiger partial charge on any atom is 0.156 e. The Kier molecular flexibility index (Phi) is 4.76. The van der Waals surface area contributed by atoms with Gasteiger partial charge in [0.2, 0.25) is 0 Å². The predicted molar refractivity (Wildman–Crippen MR) is 109 cm³/mol. The summed E-state index contributed by atoms with van der Waals surface area (Å²) in [6.07, 6.45) is 15.5. The molecule has 7 unspecified atom stereocenters. The second kappa shape index (κ2) is 6.71. The van der Waals surface area contributed by atoms with Crippen molar-refractivity contribution in [2.24, 2.45) is 40.4 Å². The zero-order valence-corrected chi connectivity index (χ0v) is 17.6. The molecule has 4 aliphatic carbocycles. The lowest BCUT2D eigenvalue weighted by molar-refractivity contribution is -0.117. The Balaban J connectivity index is 1.59. The quantitative estimate of drug-likeness (QED) is 0.617. The highest BCUT2D eigenvalue weighted by atomic mass is 16.1. The Hall–Kier alpha value is -1.18. The van der Waals surface area contributed by atoms with E-state index in [4.69, 9.17) is 0 Å². The SMILES string of the molecule is CC(=O)CCC(C)C1CCC2C3C=CC4=CC(=O)CCC4(C)C3CCC12C. The Morgan fingerprint density at radius 3 is 2.70 bits per heavy atom. The molecule has 0 bridgehead atoms. The van der Waals surface area contributed by atoms with E-state index < -0.39 is 0 Å². The maximum absolute atomic E-state index is 11.9. The average molecular weight is 369 g/mol. The van der Waals surface area contributed by atoms with Crippen molar-refractivity contribution in [3.05, 3.63) is 23.8 Å². The van der Waals surface area contributed by atoms with Crippen LogP contribution < -0.4 is 0 Å². The molecule has 27 heavy (non-hydrogen) atoms. The highest BCUT2D eigenvalue weighted by Gasteiger charge is 2.58. The fraction of sp³-hybridized carbons (Fsp3) is 0.760. The largest absolute Gasteiger partial charge is 0.300 e. The fourth-order valence-electron chi connectivity index (χ4n) is 7.60. The highest BCUT2D eigenvalue weighted by Crippen LogP contribution is 2.66. The Morgan fingerprint density at radius 1 is 1.19 bits per heavy atom. The van der Waals surface area contributed by atoms with Crippen LogP contribution in [0.5, 0.6) is 0 Å². The van der Waals surface area contributed by atoms with Gasteiger partial charge in [-0.05, 0) is 97.5 Å². The minimum atomic E-state index is 0.201. The van der Waals surface area contributed by atoms with E-state index >= 15 is 0 Å². The van der Waals surface area contributed by atoms with Gasteiger partial charge in [0.1, 0.15) is 5.78 Å². The molecule has 0 aromatic rings. The predicted octanol–water partition coefficient (Wildman–Crippen LogP) is 5.92. The molecular weight excluding hydrogens is 332 g/mol. The number of Topliss-reactive ketones (excluding diaryl/α,β-unsaturated/α-hetero) is 1. The first-order valence-corrected chi connectivity index (χ1v) is 11.2. The molecule has 0 aromatic carbocycles. The van der Waals surface area contributed by atoms with Gasteiger partial charge < -0.3 is 4.79 Å². The second-order valence-corrected chi connectivity index (χ2v) is 10.6. The van der Waals surface area contributed by atoms with E-state index in [1.807, 2.05) is 6.08 Å². The van der Waals surface area contributed by atoms with E-state index in [2.05, 4.69) is 32.9 Å². The summed E-state index contributed by atoms with van der Waals surface area (Å²) in [5.41, 5.74) is 1.92. The van der Waals surface area contributed by atoms with E-state index in [0.717, 1.165) is 37.5 Å². The van der Waals surface area contributed by atoms with E-state index in [9.17, 15) is 9.59 Å². The first-order chi connectivity index (χ1) is 12.8. The molecule has 4 rings (SSSR count). The molecule has 0 aliphatic heterocycles. The van der Waals surface area contributed by atoms with Crippen LogP contribution in [0, 0.1) is 40.4 Å². The van der Waals surface area contributed by atoms with Gasteiger partial charge >= 0.3 is 0 Å². The van der Waals surface area contributed by atoms with Gasteiger partial charge in [-0.2, -0.15) is 0 Å². The first-order valence-electron chi connectivity index (χ1n) is 11.2. The summed E-state index contributed by atoms with van der Waals surface area (Å²) in [4.78, 5) is 23.4. The molecule has 0 heterocycles. The van der Waals surface area contributed by atoms with Gasteiger partial charge in [-0.25, -0.2) is 0 Å². The molecule has 0 aromatic heterocycles. The number of hydrogen-bond acceptors (Lipinski definition) is 2. The van der Waals surface area contributed by atoms with Crippen molar-refractivity contribution in [2.45, 2.75) is 79.1 Å². The molecule has 2 fully saturated rings. The molecule has 2 nitrogen and oxygen atoms in total. The van der Waals surface area contributed by atoms with Crippen LogP contribution in [0.25, 0.3) is 0 Å². The summed E-state index contributed by atoms with van der Waals surface area (Å²) in [6, 6.07) is 0. The van der Waals surface area contributed by atoms with Gasteiger partial charge in [0.25, 0.3) is 0 Å². The van der Waals surface area contributed by atoms with E-state index in [-0.39, 0.29) is 5.41 Å². The summed E-state index contributed by atoms with van der Waals surface area (Å²) < 4.78 is 0. The number of carbonyl (C=O) groups excluding carboxylic acids is 2. The van der Waals surface area contributed by atoms with Gasteiger partial charge in [-0.15, -0.1) is 0 Å². The minimum Gasteiger partial charge on any atom is -0.300 e. The fourth-order valence-corrected chi connectivity index (χ4v) is 7.60. The zero-order valence-electron chi connectivity index (χ0n) is 17.6. The van der Waals surface area contributed by atoms with Crippen LogP contribution in [-0.4, -0.2) is 11.6 Å². The lowest BCUT2D eigenvalue weighted by Gasteiger charge is -2.56. The number of rotatable bonds is 4. The maximum atomic E-state index is 11.9. The smallest absolute Gasteiger partial charge is 0.156 e. The summed E-state index contributed by atoms with van der Waals surface area (Å²) in [7, 11) is 0. The monoisotopic (exact) mass is 368 g/mol. The molecule has 0 saturated heterocycles. The zero-order chi connectivity index (χ0) is 19.4. The van der Waals surface area contributed by atoms with Crippen molar-refractivity contribution in [1.29, 1.82) is 0 Å². The van der Waals surface area contributed by atoms with E-state index in [0.29, 0.717) is 34.7 Å². The van der Waals surface area contributed by atoms with Crippen LogP contribution in [0.1, 0.15) is 79.1 Å². The van der Waals surface area contributed by atoms with Crippen molar-refractivity contribution in [2.75, 3.05) is 0 Å². The van der Waals surface area contributed by atoms with Gasteiger partial charge in [0.15, 0.2) is 5.78 Å². The molecule has 7 atom stereocenters. The number of allylic oxidation sites excluding steroid dienone is 4. The van der Waals surface area contributed by atoms with Gasteiger partial charge in [0, 0.05) is 12.8 Å². The molecule has 2 saturated carbocycles. The highest BCUT2D eigenvalue weighted by molar-refractivity contribution is 5.92. The van der Waals surface area contributed by atoms with Gasteiger partial charge in [-0.1, -0.05) is 32.9 Å². The van der Waals surface area contributed by atoms with Crippen LogP contribution in [0.3, 0.4) is 0 Å². The van der Waals surface area contributed by atoms with Crippen LogP contribution >= 0.6 is 0 Å². The van der Waals surface area contributed by atoms with Crippen LogP contribution in [0.2, 0.25) is 0 Å². The molecule has 2 heteroatoms. The summed E-state index contributed by atoms with van der Waals surface area (Å²) in [5, 5.41) is 0. The minimum absolute atomic E-state index is 0.201. The molecular formula is C25H36O2.